The van der Waals surface area contributed by atoms with Gasteiger partial charge in [0.2, 0.25) is 0 Å². The van der Waals surface area contributed by atoms with E-state index >= 15 is 0 Å². The van der Waals surface area contributed by atoms with Gasteiger partial charge in [0.1, 0.15) is 23.0 Å². The highest BCUT2D eigenvalue weighted by Crippen LogP contribution is 2.49. The lowest BCUT2D eigenvalue weighted by Gasteiger charge is -2.27. The largest absolute Gasteiger partial charge is 0.493 e. The van der Waals surface area contributed by atoms with E-state index in [9.17, 15) is 86.9 Å². The number of alkyl halides is 12. The maximum Gasteiger partial charge on any atom is 0.435 e. The summed E-state index contributed by atoms with van der Waals surface area (Å²) in [7, 11) is 0. The second-order valence-electron chi connectivity index (χ2n) is 34.6. The molecule has 4 aliphatic rings. The van der Waals surface area contributed by atoms with Crippen LogP contribution in [0.1, 0.15) is 201 Å². The molecule has 16 rings (SSSR count). The Morgan fingerprint density at radius 3 is 0.942 bits per heavy atom. The van der Waals surface area contributed by atoms with Gasteiger partial charge < -0.3 is 52.8 Å². The predicted molar refractivity (Wildman–Crippen MR) is 482 cm³/mol. The number of carbonyl (C=O) groups is 5. The fourth-order valence-corrected chi connectivity index (χ4v) is 16.4. The monoisotopic (exact) mass is 1920 g/mol. The number of esters is 3. The number of halogens is 12. The standard InChI is InChI=1S/C28H31F3N2O4.C26H27F3N2O4.C24H23F3N2O4.C24H21F3N2O4/c1-5-35-26(34)24(37-27(2,3)4)22-23(20-13-14-21-19(16-20)12-9-15-36-21)33(32-25(22)28(29,30)31)17-18-10-7-6-8-11-18;1-25(2,3)35-22(24(32)33)20-21(18-11-12-19-17(14-18)10-7-13-34-19)31(30-23(20)26(27,28)29)15-16-8-5-4-6-9-16;2*1-2-32-23(31)21(30)19-20(17-10-11-18-16(13-17)9-6-12-33-18)29(28-22(19)24(25,26)27)14-15-7-4-3-5-8-15/h6-8,10-11,13-14,16,24H,5,9,12,15,17H2,1-4H3;4-6,8-9,11-12,14,22H,7,10,13,15H2,1-3H3,(H,32,33);3-5,7-8,10-11,13,21,30H,2,6,9,12,14H2,1H3;3-5,7-8,10-11,13H,2,6,9,12,14H2,1H3. The molecule has 8 heterocycles. The molecule has 0 radical (unpaired) electrons. The first-order chi connectivity index (χ1) is 65.5. The molecule has 730 valence electrons. The molecule has 0 saturated heterocycles. The van der Waals surface area contributed by atoms with E-state index in [1.165, 1.54) is 27.9 Å². The van der Waals surface area contributed by atoms with Crippen molar-refractivity contribution in [2.24, 2.45) is 0 Å². The maximum atomic E-state index is 14.5. The van der Waals surface area contributed by atoms with Crippen molar-refractivity contribution in [3.8, 4) is 68.0 Å². The number of aliphatic carboxylic acids is 1. The molecule has 0 saturated carbocycles. The highest BCUT2D eigenvalue weighted by Gasteiger charge is 2.50. The van der Waals surface area contributed by atoms with Gasteiger partial charge in [0.25, 0.3) is 5.78 Å². The predicted octanol–water partition coefficient (Wildman–Crippen LogP) is 21.5. The number of ketones is 1. The highest BCUT2D eigenvalue weighted by atomic mass is 19.4. The summed E-state index contributed by atoms with van der Waals surface area (Å²) < 4.78 is 224. The van der Waals surface area contributed by atoms with Gasteiger partial charge in [-0.15, -0.1) is 0 Å². The average molecular weight is 1920 g/mol. The average Bonchev–Trinajstić information content (AvgIpc) is 1.58. The van der Waals surface area contributed by atoms with E-state index in [4.69, 9.17) is 42.6 Å². The molecule has 138 heavy (non-hydrogen) atoms. The van der Waals surface area contributed by atoms with Crippen LogP contribution in [-0.2, 0) is 119 Å². The first-order valence-electron chi connectivity index (χ1n) is 44.7. The molecule has 2 N–H and O–H groups in total. The lowest BCUT2D eigenvalue weighted by molar-refractivity contribution is -0.169. The van der Waals surface area contributed by atoms with Crippen molar-refractivity contribution in [3.63, 3.8) is 0 Å². The van der Waals surface area contributed by atoms with Gasteiger partial charge in [-0.2, -0.15) is 73.1 Å². The van der Waals surface area contributed by atoms with Gasteiger partial charge in [0, 0.05) is 22.3 Å². The van der Waals surface area contributed by atoms with Gasteiger partial charge in [-0.25, -0.2) is 19.2 Å². The van der Waals surface area contributed by atoms with E-state index in [1.54, 1.807) is 206 Å². The second kappa shape index (κ2) is 43.4. The quantitative estimate of drug-likeness (QED) is 0.0177. The molecule has 3 unspecified atom stereocenters. The Morgan fingerprint density at radius 1 is 0.362 bits per heavy atom. The minimum Gasteiger partial charge on any atom is -0.493 e. The summed E-state index contributed by atoms with van der Waals surface area (Å²) in [5.74, 6) is -3.63. The third kappa shape index (κ3) is 24.9. The van der Waals surface area contributed by atoms with E-state index in [-0.39, 0.29) is 74.3 Å². The van der Waals surface area contributed by atoms with Crippen molar-refractivity contribution in [2.75, 3.05) is 46.2 Å². The Labute approximate surface area is 786 Å². The number of rotatable bonds is 25. The number of nitrogens with zero attached hydrogens (tertiary/aromatic N) is 8. The van der Waals surface area contributed by atoms with Gasteiger partial charge in [-0.1, -0.05) is 121 Å². The van der Waals surface area contributed by atoms with Crippen LogP contribution < -0.4 is 18.9 Å². The van der Waals surface area contributed by atoms with Gasteiger partial charge >= 0.3 is 48.6 Å². The molecule has 4 aromatic heterocycles. The number of aryl methyl sites for hydroxylation is 4. The molecular weight excluding hydrogens is 1820 g/mol. The number of ether oxygens (including phenoxy) is 9. The molecule has 0 amide bonds. The summed E-state index contributed by atoms with van der Waals surface area (Å²) in [6.45, 7) is 16.5. The number of benzene rings is 8. The number of carboxylic acid groups (broad SMARTS) is 1. The number of Topliss-reactive ketones (excluding diaryl/α,β-unsaturated/α-hetero) is 1. The highest BCUT2D eigenvalue weighted by molar-refractivity contribution is 6.42. The van der Waals surface area contributed by atoms with E-state index < -0.39 is 123 Å². The number of carboxylic acids is 1. The third-order valence-corrected chi connectivity index (χ3v) is 22.1. The maximum absolute atomic E-state index is 14.5. The van der Waals surface area contributed by atoms with Crippen LogP contribution in [0, 0.1) is 0 Å². The SMILES string of the molecule is CC(C)(C)OC(C(=O)O)c1c(C(F)(F)F)nn(Cc2ccccc2)c1-c1ccc2c(c1)CCCO2.CCOC(=O)C(=O)c1c(C(F)(F)F)nn(Cc2ccccc2)c1-c1ccc2c(c1)CCCO2.CCOC(=O)C(O)c1c(C(F)(F)F)nn(Cc2ccccc2)c1-c1ccc2c(c1)CCCO2.CCOC(=O)C(OC(C)(C)C)c1c(C(F)(F)F)nn(Cc2ccccc2)c1-c1ccc2c(c1)CCCO2. The Hall–Kier alpha value is -13.6. The molecular formula is C102H102F12N8O16. The summed E-state index contributed by atoms with van der Waals surface area (Å²) >= 11 is 0. The van der Waals surface area contributed by atoms with Crippen molar-refractivity contribution in [1.82, 2.24) is 39.1 Å². The zero-order valence-corrected chi connectivity index (χ0v) is 76.9. The van der Waals surface area contributed by atoms with Crippen LogP contribution in [0.25, 0.3) is 45.0 Å². The van der Waals surface area contributed by atoms with E-state index in [1.807, 2.05) is 36.4 Å². The van der Waals surface area contributed by atoms with Crippen LogP contribution in [0.3, 0.4) is 0 Å². The van der Waals surface area contributed by atoms with Crippen LogP contribution in [-0.4, -0.2) is 136 Å². The van der Waals surface area contributed by atoms with Crippen molar-refractivity contribution in [1.29, 1.82) is 0 Å². The smallest absolute Gasteiger partial charge is 0.435 e. The van der Waals surface area contributed by atoms with Crippen molar-refractivity contribution in [3.05, 3.63) is 284 Å². The van der Waals surface area contributed by atoms with E-state index in [0.717, 1.165) is 70.2 Å². The van der Waals surface area contributed by atoms with E-state index in [0.29, 0.717) is 102 Å². The Bertz CT molecular complexity index is 6300. The number of carbonyl (C=O) groups excluding carboxylic acids is 4. The van der Waals surface area contributed by atoms with Gasteiger partial charge in [-0.05, 0) is 231 Å². The summed E-state index contributed by atoms with van der Waals surface area (Å²) in [5, 5.41) is 36.2. The second-order valence-corrected chi connectivity index (χ2v) is 34.6. The topological polar surface area (TPSA) is 280 Å². The molecule has 0 aliphatic carbocycles. The van der Waals surface area contributed by atoms with Crippen LogP contribution in [0.2, 0.25) is 0 Å². The minimum atomic E-state index is -4.95. The number of fused-ring (bicyclic) bond motifs is 4. The van der Waals surface area contributed by atoms with Crippen LogP contribution in [0.15, 0.2) is 194 Å². The molecule has 8 aromatic carbocycles. The molecule has 3 atom stereocenters. The third-order valence-electron chi connectivity index (χ3n) is 22.1. The molecule has 12 aromatic rings. The van der Waals surface area contributed by atoms with Crippen molar-refractivity contribution in [2.45, 2.75) is 194 Å². The number of hydrogen-bond acceptors (Lipinski definition) is 19. The summed E-state index contributed by atoms with van der Waals surface area (Å²) in [4.78, 5) is 62.8. The number of aromatic nitrogens is 8. The lowest BCUT2D eigenvalue weighted by atomic mass is 9.96. The Balaban J connectivity index is 0.000000155. The van der Waals surface area contributed by atoms with Gasteiger partial charge in [0.05, 0.1) is 129 Å². The number of hydrogen-bond donors (Lipinski definition) is 2. The molecule has 0 spiro atoms. The van der Waals surface area contributed by atoms with E-state index in [2.05, 4.69) is 20.4 Å². The first-order valence-corrected chi connectivity index (χ1v) is 44.7. The van der Waals surface area contributed by atoms with Gasteiger partial charge in [0.15, 0.2) is 41.1 Å². The normalized spacial score (nSPS) is 14.2. The summed E-state index contributed by atoms with van der Waals surface area (Å²) in [5.41, 5.74) is -1.34. The Kier molecular flexibility index (Phi) is 32.0. The fraction of sp³-hybridized carbons (Fsp3) is 0.363. The zero-order chi connectivity index (χ0) is 99.3. The molecule has 24 nitrogen and oxygen atoms in total. The molecule has 0 bridgehead atoms. The zero-order valence-electron chi connectivity index (χ0n) is 76.9. The van der Waals surface area contributed by atoms with Crippen LogP contribution >= 0.6 is 0 Å². The molecule has 0 fully saturated rings. The van der Waals surface area contributed by atoms with Crippen LogP contribution in [0.5, 0.6) is 23.0 Å². The number of aliphatic hydroxyl groups is 1. The molecule has 4 aliphatic heterocycles. The van der Waals surface area contributed by atoms with Crippen molar-refractivity contribution >= 4 is 29.7 Å². The van der Waals surface area contributed by atoms with Crippen LogP contribution in [0.4, 0.5) is 52.7 Å². The Morgan fingerprint density at radius 2 is 0.638 bits per heavy atom. The van der Waals surface area contributed by atoms with Crippen molar-refractivity contribution < 1.29 is 130 Å². The van der Waals surface area contributed by atoms with Gasteiger partial charge in [-0.3, -0.25) is 23.5 Å². The molecule has 36 heteroatoms. The fourth-order valence-electron chi connectivity index (χ4n) is 16.4. The summed E-state index contributed by atoms with van der Waals surface area (Å²) in [6, 6.07) is 56.0. The first kappa shape index (κ1) is 102. The number of aliphatic hydroxyl groups excluding tert-OH is 1. The summed E-state index contributed by atoms with van der Waals surface area (Å²) in [6.07, 6.45) is -19.3. The minimum absolute atomic E-state index is 0.00609. The lowest BCUT2D eigenvalue weighted by Crippen LogP contribution is -2.30.